The molecule has 1 aliphatic heterocycles. The number of amides is 1. The first-order chi connectivity index (χ1) is 12.7. The minimum absolute atomic E-state index is 0.0537. The monoisotopic (exact) mass is 347 g/mol. The first-order valence-corrected chi connectivity index (χ1v) is 8.90. The molecule has 0 bridgehead atoms. The number of hydrogen-bond acceptors (Lipinski definition) is 5. The number of carbonyl (C=O) groups excluding carboxylic acids is 1. The van der Waals surface area contributed by atoms with Crippen molar-refractivity contribution >= 4 is 28.3 Å². The molecule has 132 valence electrons. The topological polar surface area (TPSA) is 71.0 Å². The molecule has 1 fully saturated rings. The number of anilines is 2. The summed E-state index contributed by atoms with van der Waals surface area (Å²) in [7, 11) is 0. The number of aromatic nitrogens is 3. The number of benzene rings is 1. The number of piperidine rings is 1. The van der Waals surface area contributed by atoms with E-state index in [9.17, 15) is 4.79 Å². The highest BCUT2D eigenvalue weighted by Crippen LogP contribution is 2.23. The van der Waals surface area contributed by atoms with Crippen LogP contribution in [-0.2, 0) is 4.79 Å². The molecule has 1 saturated heterocycles. The van der Waals surface area contributed by atoms with E-state index < -0.39 is 0 Å². The van der Waals surface area contributed by atoms with E-state index in [2.05, 4.69) is 25.4 Å². The Morgan fingerprint density at radius 2 is 2.12 bits per heavy atom. The third kappa shape index (κ3) is 3.49. The van der Waals surface area contributed by atoms with Gasteiger partial charge in [0.25, 0.3) is 0 Å². The Balaban J connectivity index is 1.45. The van der Waals surface area contributed by atoms with Crippen LogP contribution >= 0.6 is 0 Å². The molecule has 6 heteroatoms. The summed E-state index contributed by atoms with van der Waals surface area (Å²) in [6.45, 7) is 3.49. The van der Waals surface area contributed by atoms with Crippen LogP contribution in [0.4, 0.5) is 11.5 Å². The zero-order valence-corrected chi connectivity index (χ0v) is 14.7. The minimum atomic E-state index is -0.0588. The summed E-state index contributed by atoms with van der Waals surface area (Å²) in [6.07, 6.45) is 3.62. The lowest BCUT2D eigenvalue weighted by molar-refractivity contribution is -0.120. The molecule has 1 unspecified atom stereocenters. The van der Waals surface area contributed by atoms with Crippen molar-refractivity contribution in [3.63, 3.8) is 0 Å². The fraction of sp³-hybridized carbons (Fsp3) is 0.300. The van der Waals surface area contributed by atoms with Gasteiger partial charge in [-0.3, -0.25) is 9.78 Å². The summed E-state index contributed by atoms with van der Waals surface area (Å²) >= 11 is 0. The summed E-state index contributed by atoms with van der Waals surface area (Å²) in [4.78, 5) is 19.2. The van der Waals surface area contributed by atoms with Crippen LogP contribution in [0.1, 0.15) is 18.5 Å². The molecule has 0 saturated carbocycles. The Kier molecular flexibility index (Phi) is 4.48. The Hall–Kier alpha value is -3.02. The smallest absolute Gasteiger partial charge is 0.229 e. The van der Waals surface area contributed by atoms with Gasteiger partial charge in [0.1, 0.15) is 0 Å². The van der Waals surface area contributed by atoms with Crippen molar-refractivity contribution in [3.8, 4) is 0 Å². The quantitative estimate of drug-likeness (QED) is 0.788. The van der Waals surface area contributed by atoms with Gasteiger partial charge in [-0.2, -0.15) is 5.10 Å². The SMILES string of the molecule is Cc1ccc(N2CCCC(C(=O)Nc3ccc4ncccc4c3)C2)nn1. The molecule has 6 nitrogen and oxygen atoms in total. The Morgan fingerprint density at radius 3 is 2.96 bits per heavy atom. The van der Waals surface area contributed by atoms with Gasteiger partial charge in [0, 0.05) is 30.4 Å². The van der Waals surface area contributed by atoms with Crippen LogP contribution in [-0.4, -0.2) is 34.2 Å². The molecule has 1 N–H and O–H groups in total. The molecule has 3 heterocycles. The third-order valence-corrected chi connectivity index (χ3v) is 4.77. The summed E-state index contributed by atoms with van der Waals surface area (Å²) in [6, 6.07) is 13.6. The predicted molar refractivity (Wildman–Crippen MR) is 102 cm³/mol. The lowest BCUT2D eigenvalue weighted by Gasteiger charge is -2.32. The number of hydrogen-bond donors (Lipinski definition) is 1. The van der Waals surface area contributed by atoms with E-state index in [-0.39, 0.29) is 11.8 Å². The second kappa shape index (κ2) is 7.07. The average molecular weight is 347 g/mol. The highest BCUT2D eigenvalue weighted by molar-refractivity contribution is 5.95. The summed E-state index contributed by atoms with van der Waals surface area (Å²) in [5.74, 6) is 0.833. The van der Waals surface area contributed by atoms with E-state index in [1.54, 1.807) is 6.20 Å². The van der Waals surface area contributed by atoms with Crippen molar-refractivity contribution in [1.82, 2.24) is 15.2 Å². The number of carbonyl (C=O) groups is 1. The van der Waals surface area contributed by atoms with Crippen molar-refractivity contribution in [3.05, 3.63) is 54.4 Å². The molecule has 2 aromatic heterocycles. The molecule has 4 rings (SSSR count). The van der Waals surface area contributed by atoms with Crippen LogP contribution in [0.5, 0.6) is 0 Å². The van der Waals surface area contributed by atoms with Crippen molar-refractivity contribution in [2.45, 2.75) is 19.8 Å². The molecular weight excluding hydrogens is 326 g/mol. The molecule has 1 aromatic carbocycles. The minimum Gasteiger partial charge on any atom is -0.354 e. The molecule has 1 amide bonds. The number of pyridine rings is 1. The Morgan fingerprint density at radius 1 is 1.19 bits per heavy atom. The van der Waals surface area contributed by atoms with E-state index in [0.29, 0.717) is 6.54 Å². The van der Waals surface area contributed by atoms with Crippen molar-refractivity contribution in [1.29, 1.82) is 0 Å². The van der Waals surface area contributed by atoms with E-state index in [1.165, 1.54) is 0 Å². The lowest BCUT2D eigenvalue weighted by atomic mass is 9.97. The van der Waals surface area contributed by atoms with E-state index in [4.69, 9.17) is 0 Å². The van der Waals surface area contributed by atoms with Crippen LogP contribution in [0.3, 0.4) is 0 Å². The van der Waals surface area contributed by atoms with Gasteiger partial charge >= 0.3 is 0 Å². The van der Waals surface area contributed by atoms with Gasteiger partial charge in [-0.25, -0.2) is 0 Å². The normalized spacial score (nSPS) is 17.3. The number of aryl methyl sites for hydroxylation is 1. The Bertz CT molecular complexity index is 925. The summed E-state index contributed by atoms with van der Waals surface area (Å²) in [5.41, 5.74) is 2.63. The van der Waals surface area contributed by atoms with Gasteiger partial charge in [-0.1, -0.05) is 6.07 Å². The van der Waals surface area contributed by atoms with E-state index >= 15 is 0 Å². The van der Waals surface area contributed by atoms with Gasteiger partial charge in [0.15, 0.2) is 5.82 Å². The van der Waals surface area contributed by atoms with Crippen molar-refractivity contribution in [2.24, 2.45) is 5.92 Å². The van der Waals surface area contributed by atoms with Crippen molar-refractivity contribution < 1.29 is 4.79 Å². The molecule has 0 spiro atoms. The fourth-order valence-electron chi connectivity index (χ4n) is 3.36. The summed E-state index contributed by atoms with van der Waals surface area (Å²) < 4.78 is 0. The second-order valence-electron chi connectivity index (χ2n) is 6.72. The van der Waals surface area contributed by atoms with Gasteiger partial charge < -0.3 is 10.2 Å². The molecule has 3 aromatic rings. The molecule has 0 aliphatic carbocycles. The lowest BCUT2D eigenvalue weighted by Crippen LogP contribution is -2.41. The molecular formula is C20H21N5O. The third-order valence-electron chi connectivity index (χ3n) is 4.77. The maximum atomic E-state index is 12.7. The molecule has 0 radical (unpaired) electrons. The van der Waals surface area contributed by atoms with Crippen LogP contribution in [0.2, 0.25) is 0 Å². The average Bonchev–Trinajstić information content (AvgIpc) is 2.68. The first kappa shape index (κ1) is 16.4. The van der Waals surface area contributed by atoms with E-state index in [1.807, 2.05) is 49.4 Å². The first-order valence-electron chi connectivity index (χ1n) is 8.90. The second-order valence-corrected chi connectivity index (χ2v) is 6.72. The molecule has 1 atom stereocenters. The highest BCUT2D eigenvalue weighted by Gasteiger charge is 2.26. The summed E-state index contributed by atoms with van der Waals surface area (Å²) in [5, 5.41) is 12.4. The maximum absolute atomic E-state index is 12.7. The predicted octanol–water partition coefficient (Wildman–Crippen LogP) is 3.19. The van der Waals surface area contributed by atoms with Gasteiger partial charge in [0.2, 0.25) is 5.91 Å². The van der Waals surface area contributed by atoms with Crippen LogP contribution in [0, 0.1) is 12.8 Å². The van der Waals surface area contributed by atoms with Crippen molar-refractivity contribution in [2.75, 3.05) is 23.3 Å². The Labute approximate surface area is 152 Å². The number of rotatable bonds is 3. The van der Waals surface area contributed by atoms with Crippen LogP contribution in [0.15, 0.2) is 48.7 Å². The molecule has 1 aliphatic rings. The zero-order valence-electron chi connectivity index (χ0n) is 14.7. The van der Waals surface area contributed by atoms with Gasteiger partial charge in [0.05, 0.1) is 17.1 Å². The highest BCUT2D eigenvalue weighted by atomic mass is 16.1. The largest absolute Gasteiger partial charge is 0.354 e. The molecule has 26 heavy (non-hydrogen) atoms. The van der Waals surface area contributed by atoms with E-state index in [0.717, 1.165) is 47.5 Å². The van der Waals surface area contributed by atoms with Crippen LogP contribution in [0.25, 0.3) is 10.9 Å². The van der Waals surface area contributed by atoms with Gasteiger partial charge in [-0.05, 0) is 56.2 Å². The maximum Gasteiger partial charge on any atom is 0.229 e. The standard InChI is InChI=1S/C20H21N5O/c1-14-6-9-19(24-23-14)25-11-3-5-16(13-25)20(26)22-17-7-8-18-15(12-17)4-2-10-21-18/h2,4,6-10,12,16H,3,5,11,13H2,1H3,(H,22,26). The number of nitrogens with one attached hydrogen (secondary N) is 1. The zero-order chi connectivity index (χ0) is 17.9. The number of fused-ring (bicyclic) bond motifs is 1. The van der Waals surface area contributed by atoms with Crippen LogP contribution < -0.4 is 10.2 Å². The fourth-order valence-corrected chi connectivity index (χ4v) is 3.36. The number of nitrogens with zero attached hydrogens (tertiary/aromatic N) is 4. The van der Waals surface area contributed by atoms with Gasteiger partial charge in [-0.15, -0.1) is 5.10 Å².